The van der Waals surface area contributed by atoms with Gasteiger partial charge in [0.05, 0.1) is 34.3 Å². The molecule has 0 saturated heterocycles. The number of amides is 1. The quantitative estimate of drug-likeness (QED) is 0.0905. The normalized spacial score (nSPS) is 10.8. The van der Waals surface area contributed by atoms with E-state index in [1.54, 1.807) is 14.2 Å². The van der Waals surface area contributed by atoms with Crippen LogP contribution in [-0.2, 0) is 57.4 Å². The summed E-state index contributed by atoms with van der Waals surface area (Å²) in [6.45, 7) is 5.29. The van der Waals surface area contributed by atoms with Crippen LogP contribution in [0.15, 0.2) is 91.0 Å². The SMILES string of the molecule is CC(=O)[O-].CCI.COCC(N)C(=O)CCc1ccccc1.COC[C@@H](N)C(=O)CCc1ccccc1.COC[C@@H](NC(C)=O)C(=O)CCc1ccccc1.I.ICI.[Na+]. The van der Waals surface area contributed by atoms with Gasteiger partial charge in [-0.15, -0.1) is 24.0 Å². The molecule has 0 aliphatic heterocycles. The van der Waals surface area contributed by atoms with Gasteiger partial charge < -0.3 is 40.9 Å². The molecule has 5 N–H and O–H groups in total. The molecule has 0 heterocycles. The summed E-state index contributed by atoms with van der Waals surface area (Å²) in [4.78, 5) is 54.8. The van der Waals surface area contributed by atoms with Crippen LogP contribution in [0.3, 0.4) is 0 Å². The van der Waals surface area contributed by atoms with E-state index in [-0.39, 0.29) is 83.4 Å². The van der Waals surface area contributed by atoms with Crippen LogP contribution in [0.25, 0.3) is 0 Å². The van der Waals surface area contributed by atoms with E-state index < -0.39 is 24.1 Å². The van der Waals surface area contributed by atoms with Crippen molar-refractivity contribution >= 4 is 121 Å². The Hall–Kier alpha value is -0.670. The number of aliphatic carboxylic acids is 1. The van der Waals surface area contributed by atoms with Gasteiger partial charge in [-0.1, -0.05) is 166 Å². The second-order valence-electron chi connectivity index (χ2n) is 12.0. The van der Waals surface area contributed by atoms with E-state index >= 15 is 0 Å². The van der Waals surface area contributed by atoms with E-state index in [9.17, 15) is 19.2 Å². The van der Waals surface area contributed by atoms with Crippen LogP contribution >= 0.6 is 91.7 Å². The molecule has 0 aliphatic rings. The zero-order valence-electron chi connectivity index (χ0n) is 36.0. The van der Waals surface area contributed by atoms with E-state index in [0.717, 1.165) is 36.5 Å². The number of carbonyl (C=O) groups excluding carboxylic acids is 5. The van der Waals surface area contributed by atoms with Crippen LogP contribution in [0.1, 0.15) is 56.7 Å². The van der Waals surface area contributed by atoms with Gasteiger partial charge in [-0.3, -0.25) is 19.2 Å². The van der Waals surface area contributed by atoms with Gasteiger partial charge in [-0.2, -0.15) is 0 Å². The van der Waals surface area contributed by atoms with Gasteiger partial charge in [0.2, 0.25) is 5.91 Å². The minimum atomic E-state index is -1.08. The number of methoxy groups -OCH3 is 3. The molecule has 0 aliphatic carbocycles. The third kappa shape index (κ3) is 45.4. The summed E-state index contributed by atoms with van der Waals surface area (Å²) in [6.07, 6.45) is 3.54. The average Bonchev–Trinajstić information content (AvgIpc) is 3.20. The van der Waals surface area contributed by atoms with Gasteiger partial charge in [0.25, 0.3) is 0 Å². The van der Waals surface area contributed by atoms with Crippen molar-refractivity contribution in [3.8, 4) is 0 Å². The van der Waals surface area contributed by atoms with Crippen LogP contribution in [0, 0.1) is 0 Å². The van der Waals surface area contributed by atoms with Crippen molar-refractivity contribution in [1.29, 1.82) is 0 Å². The van der Waals surface area contributed by atoms with Gasteiger partial charge in [0.15, 0.2) is 17.3 Å². The number of nitrogens with one attached hydrogen (secondary N) is 1. The van der Waals surface area contributed by atoms with E-state index in [2.05, 4.69) is 80.0 Å². The zero-order valence-corrected chi connectivity index (χ0v) is 46.8. The maximum Gasteiger partial charge on any atom is 1.00 e. The number of rotatable bonds is 19. The zero-order chi connectivity index (χ0) is 44.6. The molecule has 3 aromatic carbocycles. The number of carbonyl (C=O) groups is 5. The Bertz CT molecular complexity index is 1400. The van der Waals surface area contributed by atoms with Crippen molar-refractivity contribution in [1.82, 2.24) is 5.32 Å². The fourth-order valence-corrected chi connectivity index (χ4v) is 4.45. The minimum absolute atomic E-state index is 0. The van der Waals surface area contributed by atoms with Crippen molar-refractivity contribution in [3.63, 3.8) is 0 Å². The van der Waals surface area contributed by atoms with Crippen LogP contribution in [0.2, 0.25) is 0 Å². The topological polar surface area (TPSA) is 200 Å². The molecule has 3 rings (SSSR count). The van der Waals surface area contributed by atoms with Crippen molar-refractivity contribution < 1.29 is 72.8 Å². The molecule has 0 fully saturated rings. The average molecular weight is 1300 g/mol. The Morgan fingerprint density at radius 1 is 0.600 bits per heavy atom. The number of nitrogens with two attached hydrogens (primary N) is 2. The van der Waals surface area contributed by atoms with Crippen molar-refractivity contribution in [2.45, 2.75) is 77.4 Å². The van der Waals surface area contributed by atoms with Gasteiger partial charge >= 0.3 is 29.6 Å². The van der Waals surface area contributed by atoms with E-state index in [1.165, 1.54) is 20.9 Å². The second kappa shape index (κ2) is 49.3. The molecule has 0 bridgehead atoms. The number of carboxylic acid groups (broad SMARTS) is 1. The first-order valence-electron chi connectivity index (χ1n) is 18.5. The summed E-state index contributed by atoms with van der Waals surface area (Å²) in [5.41, 5.74) is 14.7. The molecule has 0 radical (unpaired) electrons. The molecule has 334 valence electrons. The van der Waals surface area contributed by atoms with Gasteiger partial charge in [-0.25, -0.2) is 0 Å². The van der Waals surface area contributed by atoms with E-state index in [0.29, 0.717) is 38.9 Å². The van der Waals surface area contributed by atoms with Gasteiger partial charge in [0.1, 0.15) is 6.04 Å². The monoisotopic (exact) mass is 1300 g/mol. The fourth-order valence-electron chi connectivity index (χ4n) is 4.45. The first-order chi connectivity index (χ1) is 27.7. The Kier molecular flexibility index (Phi) is 56.2. The van der Waals surface area contributed by atoms with Gasteiger partial charge in [-0.05, 0) is 47.3 Å². The smallest absolute Gasteiger partial charge is 0.550 e. The standard InChI is InChI=1S/C14H19NO3.2C12H17NO2.C2H5I.C2H4O2.CH2I2.HI.Na/c1-11(16)15-13(10-18-2)14(17)9-8-12-6-4-3-5-7-12;2*1-15-9-11(13)12(14)8-7-10-5-3-2-4-6-10;1-2-3;1-2(3)4;2-1-3;;/h3-7,13H,8-10H2,1-2H3,(H,15,16);2*2-6,11H,7-9,13H2,1H3;2H2,1H3;1H3,(H,3,4);1H2;1H;/q;;;;;;;+1/p-1/t13-;11-;;;;;;/m11....../s1. The molecule has 12 nitrogen and oxygen atoms in total. The van der Waals surface area contributed by atoms with Crippen LogP contribution < -0.4 is 51.4 Å². The number of hydrogen-bond acceptors (Lipinski definition) is 11. The van der Waals surface area contributed by atoms with Crippen LogP contribution in [0.4, 0.5) is 0 Å². The first kappa shape index (κ1) is 68.4. The largest absolute Gasteiger partial charge is 1.00 e. The van der Waals surface area contributed by atoms with Crippen molar-refractivity contribution in [2.24, 2.45) is 11.5 Å². The predicted octanol–water partition coefficient (Wildman–Crippen LogP) is 3.30. The maximum absolute atomic E-state index is 11.9. The Balaban J connectivity index is -0.000000223. The third-order valence-corrected chi connectivity index (χ3v) is 7.13. The molecular weight excluding hydrogens is 1230 g/mol. The fraction of sp³-hybridized carbons (Fsp3) is 0.465. The Labute approximate surface area is 438 Å². The van der Waals surface area contributed by atoms with Crippen LogP contribution in [-0.4, -0.2) is 95.4 Å². The van der Waals surface area contributed by atoms with Crippen molar-refractivity contribution in [3.05, 3.63) is 108 Å². The summed E-state index contributed by atoms with van der Waals surface area (Å²) in [7, 11) is 4.61. The number of ketones is 3. The summed E-state index contributed by atoms with van der Waals surface area (Å²) in [5.74, 6) is -1.19. The molecule has 60 heavy (non-hydrogen) atoms. The molecule has 0 saturated carbocycles. The Morgan fingerprint density at radius 3 is 1.08 bits per heavy atom. The van der Waals surface area contributed by atoms with E-state index in [1.807, 2.05) is 91.0 Å². The summed E-state index contributed by atoms with van der Waals surface area (Å²) >= 11 is 6.84. The molecule has 0 spiro atoms. The molecule has 1 amide bonds. The number of carboxylic acids is 1. The number of benzene rings is 3. The molecule has 17 heteroatoms. The third-order valence-electron chi connectivity index (χ3n) is 7.13. The summed E-state index contributed by atoms with van der Waals surface area (Å²) in [6, 6.07) is 28.1. The molecule has 3 atom stereocenters. The number of alkyl halides is 3. The molecule has 1 unspecified atom stereocenters. The minimum Gasteiger partial charge on any atom is -0.550 e. The molecule has 3 aromatic rings. The number of ether oxygens (including phenoxy) is 3. The Morgan fingerprint density at radius 2 is 0.850 bits per heavy atom. The first-order valence-corrected chi connectivity index (χ1v) is 23.1. The summed E-state index contributed by atoms with van der Waals surface area (Å²) < 4.78 is 17.0. The number of Topliss-reactive ketones (excluding diaryl/α,β-unsaturated/α-hetero) is 3. The van der Waals surface area contributed by atoms with Gasteiger partial charge in [0, 0.05) is 53.5 Å². The number of aryl methyl sites for hydroxylation is 3. The molecular formula is C43H64I4N3NaO9. The number of hydrogen-bond donors (Lipinski definition) is 3. The molecule has 0 aromatic heterocycles. The summed E-state index contributed by atoms with van der Waals surface area (Å²) in [5, 5.41) is 11.5. The van der Waals surface area contributed by atoms with Crippen LogP contribution in [0.5, 0.6) is 0 Å². The van der Waals surface area contributed by atoms with E-state index in [4.69, 9.17) is 35.6 Å². The maximum atomic E-state index is 11.9. The second-order valence-corrected chi connectivity index (χ2v) is 18.0. The predicted molar refractivity (Wildman–Crippen MR) is 272 cm³/mol. The van der Waals surface area contributed by atoms with Crippen molar-refractivity contribution in [2.75, 3.05) is 48.0 Å². The number of halogens is 4.